The van der Waals surface area contributed by atoms with E-state index in [9.17, 15) is 4.79 Å². The number of carbonyl (C=O) groups is 1. The monoisotopic (exact) mass is 224 g/mol. The Kier molecular flexibility index (Phi) is 2.90. The number of aliphatic carboxylic acids is 1. The van der Waals surface area contributed by atoms with Gasteiger partial charge in [-0.2, -0.15) is 11.8 Å². The number of aromatic nitrogens is 2. The van der Waals surface area contributed by atoms with E-state index in [1.807, 2.05) is 18.7 Å². The first-order valence-electron chi connectivity index (χ1n) is 4.81. The highest BCUT2D eigenvalue weighted by Crippen LogP contribution is 2.25. The third-order valence-electron chi connectivity index (χ3n) is 2.38. The van der Waals surface area contributed by atoms with Gasteiger partial charge in [0, 0.05) is 22.7 Å². The highest BCUT2D eigenvalue weighted by atomic mass is 32.2. The summed E-state index contributed by atoms with van der Waals surface area (Å²) in [5.74, 6) is 1.58. The van der Waals surface area contributed by atoms with Gasteiger partial charge >= 0.3 is 5.97 Å². The molecular formula is C10H12N2O2S. The second kappa shape index (κ2) is 4.18. The lowest BCUT2D eigenvalue weighted by molar-refractivity contribution is -0.136. The molecule has 0 saturated heterocycles. The molecule has 4 nitrogen and oxygen atoms in total. The molecule has 2 heterocycles. The first-order chi connectivity index (χ1) is 7.16. The van der Waals surface area contributed by atoms with Crippen LogP contribution in [0.25, 0.3) is 0 Å². The van der Waals surface area contributed by atoms with Gasteiger partial charge in [0.1, 0.15) is 12.2 Å². The van der Waals surface area contributed by atoms with Gasteiger partial charge in [0.2, 0.25) is 0 Å². The van der Waals surface area contributed by atoms with Gasteiger partial charge in [-0.05, 0) is 19.1 Å². The van der Waals surface area contributed by atoms with Crippen LogP contribution in [0.3, 0.4) is 0 Å². The molecule has 0 spiro atoms. The molecule has 1 aliphatic rings. The van der Waals surface area contributed by atoms with E-state index < -0.39 is 5.97 Å². The van der Waals surface area contributed by atoms with Gasteiger partial charge < -0.3 is 5.11 Å². The Morgan fingerprint density at radius 3 is 3.07 bits per heavy atom. The molecule has 1 aliphatic heterocycles. The van der Waals surface area contributed by atoms with Crippen LogP contribution in [0.2, 0.25) is 0 Å². The number of aryl methyl sites for hydroxylation is 2. The second-order valence-corrected chi connectivity index (χ2v) is 4.63. The molecule has 0 fully saturated rings. The van der Waals surface area contributed by atoms with Gasteiger partial charge in [-0.25, -0.2) is 9.97 Å². The van der Waals surface area contributed by atoms with Crippen molar-refractivity contribution in [1.29, 1.82) is 0 Å². The van der Waals surface area contributed by atoms with Crippen molar-refractivity contribution in [2.24, 2.45) is 0 Å². The number of rotatable bonds is 2. The topological polar surface area (TPSA) is 63.1 Å². The van der Waals surface area contributed by atoms with Crippen molar-refractivity contribution < 1.29 is 9.90 Å². The van der Waals surface area contributed by atoms with Crippen LogP contribution < -0.4 is 0 Å². The predicted molar refractivity (Wildman–Crippen MR) is 58.0 cm³/mol. The molecule has 2 rings (SSSR count). The third-order valence-corrected chi connectivity index (χ3v) is 3.37. The van der Waals surface area contributed by atoms with E-state index in [1.165, 1.54) is 5.56 Å². The van der Waals surface area contributed by atoms with Crippen molar-refractivity contribution in [1.82, 2.24) is 9.97 Å². The van der Waals surface area contributed by atoms with Crippen molar-refractivity contribution in [3.63, 3.8) is 0 Å². The van der Waals surface area contributed by atoms with E-state index in [0.717, 1.165) is 29.3 Å². The summed E-state index contributed by atoms with van der Waals surface area (Å²) in [6.45, 7) is 1.93. The number of hydrogen-bond donors (Lipinski definition) is 1. The van der Waals surface area contributed by atoms with Gasteiger partial charge in [0.05, 0.1) is 0 Å². The third kappa shape index (κ3) is 2.28. The van der Waals surface area contributed by atoms with Crippen molar-refractivity contribution in [2.75, 3.05) is 5.75 Å². The molecule has 0 bridgehead atoms. The Bertz CT molecular complexity index is 407. The molecule has 5 heteroatoms. The Labute approximate surface area is 92.1 Å². The van der Waals surface area contributed by atoms with Gasteiger partial charge in [-0.3, -0.25) is 4.79 Å². The minimum Gasteiger partial charge on any atom is -0.481 e. The molecular weight excluding hydrogens is 212 g/mol. The van der Waals surface area contributed by atoms with E-state index in [2.05, 4.69) is 9.97 Å². The van der Waals surface area contributed by atoms with Crippen molar-refractivity contribution in [2.45, 2.75) is 25.5 Å². The average molecular weight is 224 g/mol. The molecule has 0 radical (unpaired) electrons. The molecule has 0 saturated carbocycles. The fourth-order valence-electron chi connectivity index (χ4n) is 1.67. The number of thioether (sulfide) groups is 1. The highest BCUT2D eigenvalue weighted by Gasteiger charge is 2.16. The first-order valence-corrected chi connectivity index (χ1v) is 5.97. The smallest absolute Gasteiger partial charge is 0.311 e. The quantitative estimate of drug-likeness (QED) is 0.817. The maximum absolute atomic E-state index is 10.6. The molecule has 1 N–H and O–H groups in total. The van der Waals surface area contributed by atoms with Gasteiger partial charge in [-0.15, -0.1) is 0 Å². The number of carboxylic acid groups (broad SMARTS) is 1. The number of carboxylic acids is 1. The summed E-state index contributed by atoms with van der Waals surface area (Å²) in [6, 6.07) is 0. The summed E-state index contributed by atoms with van der Waals surface area (Å²) in [6.07, 6.45) is 0.844. The fourth-order valence-corrected chi connectivity index (χ4v) is 2.73. The summed E-state index contributed by atoms with van der Waals surface area (Å²) in [4.78, 5) is 19.1. The normalized spacial score (nSPS) is 14.7. The zero-order valence-corrected chi connectivity index (χ0v) is 9.30. The number of nitrogens with zero attached hydrogens (tertiary/aromatic N) is 2. The standard InChI is InChI=1S/C10H12N2O2S/c1-6-7-5-15-3-2-8(7)12-9(11-6)4-10(13)14/h2-5H2,1H3,(H,13,14). The van der Waals surface area contributed by atoms with E-state index in [-0.39, 0.29) is 6.42 Å². The largest absolute Gasteiger partial charge is 0.481 e. The zero-order chi connectivity index (χ0) is 10.8. The van der Waals surface area contributed by atoms with Gasteiger partial charge in [0.25, 0.3) is 0 Å². The van der Waals surface area contributed by atoms with Crippen molar-refractivity contribution in [3.05, 3.63) is 22.8 Å². The van der Waals surface area contributed by atoms with Crippen LogP contribution in [0, 0.1) is 6.92 Å². The average Bonchev–Trinajstić information content (AvgIpc) is 2.16. The minimum absolute atomic E-state index is 0.0821. The van der Waals surface area contributed by atoms with Crippen LogP contribution in [0.1, 0.15) is 22.8 Å². The Hall–Kier alpha value is -1.10. The van der Waals surface area contributed by atoms with Crippen molar-refractivity contribution in [3.8, 4) is 0 Å². The fraction of sp³-hybridized carbons (Fsp3) is 0.500. The highest BCUT2D eigenvalue weighted by molar-refractivity contribution is 7.98. The van der Waals surface area contributed by atoms with E-state index in [4.69, 9.17) is 5.11 Å². The SMILES string of the molecule is Cc1nc(CC(=O)O)nc2c1CSCC2. The molecule has 1 aromatic rings. The molecule has 0 aromatic carbocycles. The predicted octanol–water partition coefficient (Wildman–Crippen LogP) is 1.20. The summed E-state index contributed by atoms with van der Waals surface area (Å²) in [5, 5.41) is 8.68. The van der Waals surface area contributed by atoms with Crippen LogP contribution in [0.15, 0.2) is 0 Å². The second-order valence-electron chi connectivity index (χ2n) is 3.52. The van der Waals surface area contributed by atoms with Gasteiger partial charge in [-0.1, -0.05) is 0 Å². The summed E-state index contributed by atoms with van der Waals surface area (Å²) < 4.78 is 0. The minimum atomic E-state index is -0.875. The van der Waals surface area contributed by atoms with E-state index in [0.29, 0.717) is 5.82 Å². The number of fused-ring (bicyclic) bond motifs is 1. The van der Waals surface area contributed by atoms with Crippen LogP contribution >= 0.6 is 11.8 Å². The molecule has 80 valence electrons. The van der Waals surface area contributed by atoms with Gasteiger partial charge in [0.15, 0.2) is 0 Å². The molecule has 0 atom stereocenters. The van der Waals surface area contributed by atoms with Crippen LogP contribution in [-0.2, 0) is 23.4 Å². The number of hydrogen-bond acceptors (Lipinski definition) is 4. The molecule has 1 aromatic heterocycles. The van der Waals surface area contributed by atoms with E-state index in [1.54, 1.807) is 0 Å². The maximum Gasteiger partial charge on any atom is 0.311 e. The lowest BCUT2D eigenvalue weighted by Gasteiger charge is -2.16. The summed E-state index contributed by atoms with van der Waals surface area (Å²) in [5.41, 5.74) is 3.17. The Balaban J connectivity index is 2.36. The Morgan fingerprint density at radius 1 is 1.53 bits per heavy atom. The zero-order valence-electron chi connectivity index (χ0n) is 8.49. The van der Waals surface area contributed by atoms with Crippen molar-refractivity contribution >= 4 is 17.7 Å². The molecule has 0 amide bonds. The molecule has 0 aliphatic carbocycles. The Morgan fingerprint density at radius 2 is 2.33 bits per heavy atom. The molecule has 0 unspecified atom stereocenters. The lowest BCUT2D eigenvalue weighted by atomic mass is 10.1. The first kappa shape index (κ1) is 10.4. The maximum atomic E-state index is 10.6. The summed E-state index contributed by atoms with van der Waals surface area (Å²) in [7, 11) is 0. The molecule has 15 heavy (non-hydrogen) atoms. The van der Waals surface area contributed by atoms with Crippen LogP contribution in [-0.4, -0.2) is 26.8 Å². The van der Waals surface area contributed by atoms with Crippen LogP contribution in [0.4, 0.5) is 0 Å². The van der Waals surface area contributed by atoms with E-state index >= 15 is 0 Å². The lowest BCUT2D eigenvalue weighted by Crippen LogP contribution is -2.14. The van der Waals surface area contributed by atoms with Crippen LogP contribution in [0.5, 0.6) is 0 Å². The summed E-state index contributed by atoms with van der Waals surface area (Å²) >= 11 is 1.88.